The predicted octanol–water partition coefficient (Wildman–Crippen LogP) is 4.11. The molecule has 0 aliphatic carbocycles. The lowest BCUT2D eigenvalue weighted by Gasteiger charge is -2.05. The fraction of sp³-hybridized carbons (Fsp3) is 0.273. The number of thiophene rings is 1. The molecule has 1 heterocycles. The lowest BCUT2D eigenvalue weighted by Crippen LogP contribution is -1.86. The van der Waals surface area contributed by atoms with Gasteiger partial charge in [0.05, 0.1) is 7.11 Å². The summed E-state index contributed by atoms with van der Waals surface area (Å²) in [6.45, 7) is 2.15. The number of methoxy groups -OCH3 is 1. The summed E-state index contributed by atoms with van der Waals surface area (Å²) in [7, 11) is 1.71. The topological polar surface area (TPSA) is 9.23 Å². The largest absolute Gasteiger partial charge is 0.497 e. The zero-order valence-electron chi connectivity index (χ0n) is 8.13. The van der Waals surface area contributed by atoms with Crippen molar-refractivity contribution in [3.8, 4) is 5.75 Å². The highest BCUT2D eigenvalue weighted by molar-refractivity contribution is 9.08. The molecular weight excluding hydrogens is 260 g/mol. The smallest absolute Gasteiger partial charge is 0.120 e. The third kappa shape index (κ3) is 1.55. The van der Waals surface area contributed by atoms with Crippen molar-refractivity contribution in [2.24, 2.45) is 0 Å². The maximum Gasteiger partial charge on any atom is 0.120 e. The van der Waals surface area contributed by atoms with E-state index in [4.69, 9.17) is 4.74 Å². The van der Waals surface area contributed by atoms with Gasteiger partial charge in [0.2, 0.25) is 0 Å². The Labute approximate surface area is 95.8 Å². The Kier molecular flexibility index (Phi) is 2.79. The molecule has 0 saturated heterocycles. The molecule has 14 heavy (non-hydrogen) atoms. The van der Waals surface area contributed by atoms with Crippen molar-refractivity contribution < 1.29 is 4.74 Å². The number of halogens is 1. The zero-order chi connectivity index (χ0) is 10.1. The minimum atomic E-state index is 0.873. The molecule has 0 unspecified atom stereocenters. The van der Waals surface area contributed by atoms with Crippen molar-refractivity contribution in [3.05, 3.63) is 28.6 Å². The lowest BCUT2D eigenvalue weighted by atomic mass is 10.1. The predicted molar refractivity (Wildman–Crippen MR) is 65.7 cm³/mol. The normalized spacial score (nSPS) is 10.8. The van der Waals surface area contributed by atoms with Gasteiger partial charge in [-0.3, -0.25) is 0 Å². The zero-order valence-corrected chi connectivity index (χ0v) is 10.5. The van der Waals surface area contributed by atoms with Gasteiger partial charge in [-0.25, -0.2) is 0 Å². The van der Waals surface area contributed by atoms with Crippen LogP contribution in [0.4, 0.5) is 0 Å². The summed E-state index contributed by atoms with van der Waals surface area (Å²) in [6.07, 6.45) is 0. The molecule has 1 nitrogen and oxygen atoms in total. The molecule has 2 rings (SSSR count). The van der Waals surface area contributed by atoms with Gasteiger partial charge in [-0.05, 0) is 40.9 Å². The summed E-state index contributed by atoms with van der Waals surface area (Å²) in [5.41, 5.74) is 2.65. The van der Waals surface area contributed by atoms with E-state index in [0.717, 1.165) is 11.1 Å². The van der Waals surface area contributed by atoms with Gasteiger partial charge in [-0.15, -0.1) is 11.3 Å². The van der Waals surface area contributed by atoms with Gasteiger partial charge in [0.25, 0.3) is 0 Å². The molecule has 2 aromatic rings. The fourth-order valence-electron chi connectivity index (χ4n) is 1.62. The Balaban J connectivity index is 2.76. The summed E-state index contributed by atoms with van der Waals surface area (Å²) in [5.74, 6) is 0.939. The molecule has 1 aromatic carbocycles. The quantitative estimate of drug-likeness (QED) is 0.747. The second-order valence-electron chi connectivity index (χ2n) is 3.21. The second-order valence-corrected chi connectivity index (χ2v) is 4.68. The van der Waals surface area contributed by atoms with Crippen molar-refractivity contribution in [1.29, 1.82) is 0 Å². The third-order valence-electron chi connectivity index (χ3n) is 2.29. The van der Waals surface area contributed by atoms with Crippen molar-refractivity contribution in [2.45, 2.75) is 12.3 Å². The molecule has 0 aliphatic heterocycles. The average molecular weight is 271 g/mol. The maximum absolute atomic E-state index is 5.26. The fourth-order valence-corrected chi connectivity index (χ4v) is 3.08. The molecule has 0 amide bonds. The van der Waals surface area contributed by atoms with Crippen LogP contribution >= 0.6 is 27.3 Å². The maximum atomic E-state index is 5.26. The number of benzene rings is 1. The van der Waals surface area contributed by atoms with Crippen molar-refractivity contribution >= 4 is 37.4 Å². The molecule has 1 aromatic heterocycles. The second kappa shape index (κ2) is 3.91. The van der Waals surface area contributed by atoms with Gasteiger partial charge in [0.1, 0.15) is 5.75 Å². The van der Waals surface area contributed by atoms with Crippen LogP contribution in [0.15, 0.2) is 17.5 Å². The van der Waals surface area contributed by atoms with Gasteiger partial charge in [0, 0.05) is 10.0 Å². The first-order chi connectivity index (χ1) is 6.76. The van der Waals surface area contributed by atoms with Gasteiger partial charge < -0.3 is 4.74 Å². The van der Waals surface area contributed by atoms with E-state index in [0.29, 0.717) is 0 Å². The van der Waals surface area contributed by atoms with Gasteiger partial charge >= 0.3 is 0 Å². The molecular formula is C11H11BrOS. The number of hydrogen-bond donors (Lipinski definition) is 0. The highest BCUT2D eigenvalue weighted by atomic mass is 79.9. The van der Waals surface area contributed by atoms with Crippen molar-refractivity contribution in [2.75, 3.05) is 7.11 Å². The molecule has 0 spiro atoms. The SMILES string of the molecule is COc1cc(CBr)c2c(C)csc2c1. The molecule has 0 N–H and O–H groups in total. The molecule has 0 saturated carbocycles. The van der Waals surface area contributed by atoms with Crippen molar-refractivity contribution in [3.63, 3.8) is 0 Å². The molecule has 0 fully saturated rings. The van der Waals surface area contributed by atoms with Crippen LogP contribution in [0.25, 0.3) is 10.1 Å². The lowest BCUT2D eigenvalue weighted by molar-refractivity contribution is 0.415. The van der Waals surface area contributed by atoms with Gasteiger partial charge in [-0.1, -0.05) is 15.9 Å². The average Bonchev–Trinajstić information content (AvgIpc) is 2.59. The first-order valence-electron chi connectivity index (χ1n) is 4.37. The molecule has 0 radical (unpaired) electrons. The van der Waals surface area contributed by atoms with Crippen molar-refractivity contribution in [1.82, 2.24) is 0 Å². The molecule has 0 atom stereocenters. The standard InChI is InChI=1S/C11H11BrOS/c1-7-6-14-10-4-9(13-2)3-8(5-12)11(7)10/h3-4,6H,5H2,1-2H3. The first kappa shape index (κ1) is 9.99. The molecule has 0 bridgehead atoms. The monoisotopic (exact) mass is 270 g/mol. The van der Waals surface area contributed by atoms with Gasteiger partial charge in [-0.2, -0.15) is 0 Å². The Morgan fingerprint density at radius 3 is 2.86 bits per heavy atom. The Bertz CT molecular complexity index is 462. The van der Waals surface area contributed by atoms with Crippen LogP contribution in [0, 0.1) is 6.92 Å². The van der Waals surface area contributed by atoms with Crippen LogP contribution in [-0.4, -0.2) is 7.11 Å². The van der Waals surface area contributed by atoms with Crippen LogP contribution in [0.1, 0.15) is 11.1 Å². The third-order valence-corrected chi connectivity index (χ3v) is 3.95. The minimum Gasteiger partial charge on any atom is -0.497 e. The van der Waals surface area contributed by atoms with E-state index in [1.54, 1.807) is 18.4 Å². The van der Waals surface area contributed by atoms with Crippen LogP contribution in [0.5, 0.6) is 5.75 Å². The summed E-state index contributed by atoms with van der Waals surface area (Å²) >= 11 is 5.28. The van der Waals surface area contributed by atoms with Crippen LogP contribution in [0.3, 0.4) is 0 Å². The van der Waals surface area contributed by atoms with Crippen LogP contribution in [0.2, 0.25) is 0 Å². The summed E-state index contributed by atoms with van der Waals surface area (Å²) in [5, 5.41) is 4.43. The minimum absolute atomic E-state index is 0.873. The van der Waals surface area contributed by atoms with E-state index in [-0.39, 0.29) is 0 Å². The van der Waals surface area contributed by atoms with Gasteiger partial charge in [0.15, 0.2) is 0 Å². The Morgan fingerprint density at radius 2 is 2.21 bits per heavy atom. The van der Waals surface area contributed by atoms with E-state index in [1.165, 1.54) is 21.2 Å². The number of alkyl halides is 1. The van der Waals surface area contributed by atoms with Crippen LogP contribution in [-0.2, 0) is 5.33 Å². The molecule has 3 heteroatoms. The molecule has 74 valence electrons. The van der Waals surface area contributed by atoms with E-state index < -0.39 is 0 Å². The highest BCUT2D eigenvalue weighted by Gasteiger charge is 2.07. The summed E-state index contributed by atoms with van der Waals surface area (Å²) < 4.78 is 6.56. The van der Waals surface area contributed by atoms with E-state index in [2.05, 4.69) is 40.4 Å². The van der Waals surface area contributed by atoms with E-state index in [1.807, 2.05) is 0 Å². The summed E-state index contributed by atoms with van der Waals surface area (Å²) in [4.78, 5) is 0. The van der Waals surface area contributed by atoms with Crippen LogP contribution < -0.4 is 4.74 Å². The number of ether oxygens (including phenoxy) is 1. The summed E-state index contributed by atoms with van der Waals surface area (Å²) in [6, 6.07) is 4.19. The number of rotatable bonds is 2. The number of fused-ring (bicyclic) bond motifs is 1. The first-order valence-corrected chi connectivity index (χ1v) is 6.37. The number of hydrogen-bond acceptors (Lipinski definition) is 2. The Morgan fingerprint density at radius 1 is 1.43 bits per heavy atom. The molecule has 0 aliphatic rings. The highest BCUT2D eigenvalue weighted by Crippen LogP contribution is 2.33. The van der Waals surface area contributed by atoms with E-state index >= 15 is 0 Å². The number of aryl methyl sites for hydroxylation is 1. The van der Waals surface area contributed by atoms with E-state index in [9.17, 15) is 0 Å². The Hall–Kier alpha value is -0.540.